The lowest BCUT2D eigenvalue weighted by molar-refractivity contribution is 0.101. The number of rotatable bonds is 5. The van der Waals surface area contributed by atoms with Crippen LogP contribution in [0.4, 0.5) is 5.69 Å². The Morgan fingerprint density at radius 3 is 2.60 bits per heavy atom. The maximum Gasteiger partial charge on any atom is 0.323 e. The predicted molar refractivity (Wildman–Crippen MR) is 96.4 cm³/mol. The van der Waals surface area contributed by atoms with Crippen molar-refractivity contribution >= 4 is 28.4 Å². The van der Waals surface area contributed by atoms with E-state index in [1.54, 1.807) is 25.1 Å². The van der Waals surface area contributed by atoms with Gasteiger partial charge in [-0.2, -0.15) is 0 Å². The highest BCUT2D eigenvalue weighted by atomic mass is 16.2. The summed E-state index contributed by atoms with van der Waals surface area (Å²) in [5, 5.41) is 2.82. The molecule has 0 saturated carbocycles. The zero-order chi connectivity index (χ0) is 18.1. The number of anilines is 1. The highest BCUT2D eigenvalue weighted by Gasteiger charge is 2.22. The highest BCUT2D eigenvalue weighted by Crippen LogP contribution is 2.24. The number of carbonyl (C=O) groups excluding carboxylic acids is 2. The van der Waals surface area contributed by atoms with Crippen molar-refractivity contribution in [2.45, 2.75) is 33.6 Å². The molecule has 3 aromatic rings. The number of H-pyrrole nitrogens is 3. The third kappa shape index (κ3) is 3.00. The minimum absolute atomic E-state index is 0.0617. The normalized spacial score (nSPS) is 11.0. The molecule has 7 heteroatoms. The van der Waals surface area contributed by atoms with Crippen molar-refractivity contribution in [2.24, 2.45) is 0 Å². The lowest BCUT2D eigenvalue weighted by Gasteiger charge is -2.08. The maximum absolute atomic E-state index is 12.8. The number of hydrogen-bond acceptors (Lipinski definition) is 3. The number of nitrogens with one attached hydrogen (secondary N) is 4. The minimum atomic E-state index is -0.339. The van der Waals surface area contributed by atoms with Crippen LogP contribution in [0.5, 0.6) is 0 Å². The van der Waals surface area contributed by atoms with Crippen LogP contribution in [0, 0.1) is 6.92 Å². The summed E-state index contributed by atoms with van der Waals surface area (Å²) >= 11 is 0. The number of benzene rings is 1. The fourth-order valence-electron chi connectivity index (χ4n) is 3.19. The third-order valence-electron chi connectivity index (χ3n) is 4.17. The van der Waals surface area contributed by atoms with Gasteiger partial charge in [-0.15, -0.1) is 0 Å². The number of ketones is 1. The van der Waals surface area contributed by atoms with Gasteiger partial charge in [0.15, 0.2) is 5.78 Å². The molecule has 1 amide bonds. The van der Waals surface area contributed by atoms with E-state index in [9.17, 15) is 14.4 Å². The van der Waals surface area contributed by atoms with Gasteiger partial charge in [0.05, 0.1) is 16.7 Å². The van der Waals surface area contributed by atoms with E-state index in [2.05, 4.69) is 20.3 Å². The molecule has 0 fully saturated rings. The van der Waals surface area contributed by atoms with Crippen LogP contribution in [-0.2, 0) is 6.42 Å². The molecule has 0 bridgehead atoms. The van der Waals surface area contributed by atoms with E-state index in [1.165, 1.54) is 6.92 Å². The first-order valence-corrected chi connectivity index (χ1v) is 8.17. The largest absolute Gasteiger partial charge is 0.354 e. The van der Waals surface area contributed by atoms with Gasteiger partial charge in [0.25, 0.3) is 5.91 Å². The lowest BCUT2D eigenvalue weighted by atomic mass is 10.0. The fourth-order valence-corrected chi connectivity index (χ4v) is 3.19. The first-order valence-electron chi connectivity index (χ1n) is 8.17. The first-order chi connectivity index (χ1) is 11.9. The van der Waals surface area contributed by atoms with E-state index in [-0.39, 0.29) is 17.4 Å². The summed E-state index contributed by atoms with van der Waals surface area (Å²) in [5.41, 5.74) is 3.71. The first kappa shape index (κ1) is 16.8. The van der Waals surface area contributed by atoms with E-state index >= 15 is 0 Å². The van der Waals surface area contributed by atoms with Gasteiger partial charge < -0.3 is 20.3 Å². The third-order valence-corrected chi connectivity index (χ3v) is 4.17. The maximum atomic E-state index is 12.8. The quantitative estimate of drug-likeness (QED) is 0.536. The molecular formula is C18H20N4O3. The van der Waals surface area contributed by atoms with Gasteiger partial charge in [0, 0.05) is 11.3 Å². The van der Waals surface area contributed by atoms with Gasteiger partial charge >= 0.3 is 5.69 Å². The Morgan fingerprint density at radius 1 is 1.16 bits per heavy atom. The second-order valence-electron chi connectivity index (χ2n) is 6.05. The molecule has 0 aliphatic heterocycles. The van der Waals surface area contributed by atoms with Crippen LogP contribution in [-0.4, -0.2) is 26.6 Å². The second-order valence-corrected chi connectivity index (χ2v) is 6.05. The standard InChI is InChI=1S/C18H20N4O3/c1-4-6-11-14(10(3)23)9(2)19-15(11)17(24)20-12-7-5-8-13-16(12)22-18(25)21-13/h5,7-8,19H,4,6H2,1-3H3,(H,20,24)(H2,21,22,25). The van der Waals surface area contributed by atoms with Crippen LogP contribution in [0.25, 0.3) is 11.0 Å². The average Bonchev–Trinajstić information content (AvgIpc) is 3.08. The van der Waals surface area contributed by atoms with Gasteiger partial charge in [-0.05, 0) is 38.0 Å². The Hall–Kier alpha value is -3.09. The number of hydrogen-bond donors (Lipinski definition) is 4. The molecule has 25 heavy (non-hydrogen) atoms. The van der Waals surface area contributed by atoms with Gasteiger partial charge in [-0.1, -0.05) is 19.4 Å². The molecule has 4 N–H and O–H groups in total. The lowest BCUT2D eigenvalue weighted by Crippen LogP contribution is -2.15. The Kier molecular flexibility index (Phi) is 4.31. The number of Topliss-reactive ketones (excluding diaryl/α,β-unsaturated/α-hetero) is 1. The van der Waals surface area contributed by atoms with Crippen molar-refractivity contribution in [3.63, 3.8) is 0 Å². The van der Waals surface area contributed by atoms with Crippen LogP contribution in [0.2, 0.25) is 0 Å². The monoisotopic (exact) mass is 340 g/mol. The highest BCUT2D eigenvalue weighted by molar-refractivity contribution is 6.10. The SMILES string of the molecule is CCCc1c(C(=O)Nc2cccc3[nH]c(=O)[nH]c23)[nH]c(C)c1C(C)=O. The van der Waals surface area contributed by atoms with Crippen LogP contribution in [0.1, 0.15) is 52.4 Å². The molecule has 2 aromatic heterocycles. The molecule has 0 unspecified atom stereocenters. The fraction of sp³-hybridized carbons (Fsp3) is 0.278. The summed E-state index contributed by atoms with van der Waals surface area (Å²) in [7, 11) is 0. The van der Waals surface area contributed by atoms with Gasteiger partial charge in [0.2, 0.25) is 0 Å². The molecule has 7 nitrogen and oxygen atoms in total. The zero-order valence-corrected chi connectivity index (χ0v) is 14.4. The molecule has 0 radical (unpaired) electrons. The number of fused-ring (bicyclic) bond motifs is 1. The summed E-state index contributed by atoms with van der Waals surface area (Å²) in [6.45, 7) is 5.29. The Balaban J connectivity index is 2.02. The molecule has 0 spiro atoms. The Labute approximate surface area is 143 Å². The molecule has 3 rings (SSSR count). The molecule has 1 aromatic carbocycles. The van der Waals surface area contributed by atoms with Gasteiger partial charge in [0.1, 0.15) is 5.69 Å². The summed E-state index contributed by atoms with van der Waals surface area (Å²) in [6.07, 6.45) is 1.45. The summed E-state index contributed by atoms with van der Waals surface area (Å²) in [5.74, 6) is -0.401. The number of aryl methyl sites for hydroxylation is 1. The average molecular weight is 340 g/mol. The van der Waals surface area contributed by atoms with E-state index in [0.29, 0.717) is 40.1 Å². The van der Waals surface area contributed by atoms with Crippen molar-refractivity contribution in [2.75, 3.05) is 5.32 Å². The molecule has 0 saturated heterocycles. The predicted octanol–water partition coefficient (Wildman–Crippen LogP) is 2.90. The number of para-hydroxylation sites is 1. The molecule has 2 heterocycles. The topological polar surface area (TPSA) is 111 Å². The van der Waals surface area contributed by atoms with Crippen molar-refractivity contribution in [1.29, 1.82) is 0 Å². The Bertz CT molecular complexity index is 1020. The Morgan fingerprint density at radius 2 is 1.92 bits per heavy atom. The van der Waals surface area contributed by atoms with Crippen molar-refractivity contribution in [3.05, 3.63) is 51.2 Å². The number of aromatic nitrogens is 3. The molecular weight excluding hydrogens is 320 g/mol. The minimum Gasteiger partial charge on any atom is -0.354 e. The van der Waals surface area contributed by atoms with Crippen molar-refractivity contribution in [3.8, 4) is 0 Å². The number of amides is 1. The summed E-state index contributed by atoms with van der Waals surface area (Å²) in [4.78, 5) is 44.6. The van der Waals surface area contributed by atoms with E-state index in [1.807, 2.05) is 6.92 Å². The molecule has 0 aliphatic carbocycles. The zero-order valence-electron chi connectivity index (χ0n) is 14.4. The molecule has 0 aliphatic rings. The smallest absolute Gasteiger partial charge is 0.323 e. The number of carbonyl (C=O) groups is 2. The van der Waals surface area contributed by atoms with Crippen LogP contribution < -0.4 is 11.0 Å². The van der Waals surface area contributed by atoms with Gasteiger partial charge in [-0.25, -0.2) is 4.79 Å². The van der Waals surface area contributed by atoms with Crippen LogP contribution in [0.3, 0.4) is 0 Å². The van der Waals surface area contributed by atoms with Crippen molar-refractivity contribution < 1.29 is 9.59 Å². The van der Waals surface area contributed by atoms with E-state index < -0.39 is 0 Å². The van der Waals surface area contributed by atoms with Crippen molar-refractivity contribution in [1.82, 2.24) is 15.0 Å². The van der Waals surface area contributed by atoms with E-state index in [4.69, 9.17) is 0 Å². The molecule has 0 atom stereocenters. The number of aromatic amines is 3. The second kappa shape index (κ2) is 6.43. The summed E-state index contributed by atoms with van der Waals surface area (Å²) in [6, 6.07) is 5.21. The van der Waals surface area contributed by atoms with Crippen LogP contribution in [0.15, 0.2) is 23.0 Å². The van der Waals surface area contributed by atoms with E-state index in [0.717, 1.165) is 12.0 Å². The number of imidazole rings is 1. The molecule has 130 valence electrons. The van der Waals surface area contributed by atoms with Crippen LogP contribution >= 0.6 is 0 Å². The van der Waals surface area contributed by atoms with Gasteiger partial charge in [-0.3, -0.25) is 9.59 Å². The summed E-state index contributed by atoms with van der Waals surface area (Å²) < 4.78 is 0.